The fourth-order valence-electron chi connectivity index (χ4n) is 9.66. The lowest BCUT2D eigenvalue weighted by Gasteiger charge is -2.62. The molecule has 6 rings (SSSR count). The quantitative estimate of drug-likeness (QED) is 0.188. The molecule has 10 heteroatoms. The third-order valence-electron chi connectivity index (χ3n) is 12.5. The summed E-state index contributed by atoms with van der Waals surface area (Å²) in [6, 6.07) is 12.4. The normalized spacial score (nSPS) is 28.0. The second-order valence-corrected chi connectivity index (χ2v) is 18.6. The second kappa shape index (κ2) is 16.6. The van der Waals surface area contributed by atoms with Gasteiger partial charge in [0.05, 0.1) is 26.4 Å². The Hall–Kier alpha value is -2.73. The summed E-state index contributed by atoms with van der Waals surface area (Å²) in [5, 5.41) is 30.2. The third kappa shape index (κ3) is 9.22. The molecule has 4 fully saturated rings. The molecule has 2 bridgehead atoms. The van der Waals surface area contributed by atoms with Crippen molar-refractivity contribution < 1.29 is 24.6 Å². The first kappa shape index (κ1) is 41.4. The van der Waals surface area contributed by atoms with Gasteiger partial charge in [-0.05, 0) is 98.2 Å². The highest BCUT2D eigenvalue weighted by atomic mass is 16.7. The van der Waals surface area contributed by atoms with Crippen LogP contribution in [0.3, 0.4) is 0 Å². The molecular formula is C43H69N5O5. The van der Waals surface area contributed by atoms with Crippen LogP contribution < -0.4 is 20.3 Å². The summed E-state index contributed by atoms with van der Waals surface area (Å²) in [4.78, 5) is 25.0. The summed E-state index contributed by atoms with van der Waals surface area (Å²) in [5.41, 5.74) is 5.61. The molecule has 53 heavy (non-hydrogen) atoms. The number of carbonyl (C=O) groups excluding carboxylic acids is 1. The van der Waals surface area contributed by atoms with Crippen LogP contribution in [0.5, 0.6) is 5.75 Å². The Balaban J connectivity index is 1.43. The first-order chi connectivity index (χ1) is 24.8. The van der Waals surface area contributed by atoms with E-state index in [9.17, 15) is 15.0 Å². The molecule has 0 spiro atoms. The topological polar surface area (TPSA) is 110 Å². The minimum atomic E-state index is -0.862. The fourth-order valence-corrected chi connectivity index (χ4v) is 9.66. The van der Waals surface area contributed by atoms with Gasteiger partial charge < -0.3 is 35.4 Å². The standard InChI is InChI=1S/C43H69N5O5/c1-26-35-19-31(43(35,6)7)20-36(26)45-41(51)39-38(27(2)50)37(25-49)53-48(39)23-29-14-13-15-34(40(29)52-12)30-16-28(17-33(18-30)47(10)11)22-44-32(24-46(8)9)21-42(3,4)5/h13-18,26-27,31-32,35-39,44,49-50H,19-25H2,1-12H3,(H,45,51)/t26-,27-,31+,32-,35-,36?,37-,38-,39-/m0/s1. The predicted octanol–water partition coefficient (Wildman–Crippen LogP) is 5.54. The molecule has 2 aromatic rings. The number of methoxy groups -OCH3 is 1. The summed E-state index contributed by atoms with van der Waals surface area (Å²) >= 11 is 0. The van der Waals surface area contributed by atoms with Crippen LogP contribution in [-0.2, 0) is 22.7 Å². The fraction of sp³-hybridized carbons (Fsp3) is 0.698. The van der Waals surface area contributed by atoms with Crippen molar-refractivity contribution in [3.63, 3.8) is 0 Å². The minimum absolute atomic E-state index is 0.0705. The molecule has 1 saturated heterocycles. The number of nitrogens with zero attached hydrogens (tertiary/aromatic N) is 3. The van der Waals surface area contributed by atoms with Crippen LogP contribution >= 0.6 is 0 Å². The Bertz CT molecular complexity index is 1550. The van der Waals surface area contributed by atoms with Crippen LogP contribution in [0.4, 0.5) is 5.69 Å². The summed E-state index contributed by atoms with van der Waals surface area (Å²) in [7, 11) is 10.0. The van der Waals surface area contributed by atoms with Gasteiger partial charge in [0, 0.05) is 62.0 Å². The number of fused-ring (bicyclic) bond motifs is 2. The summed E-state index contributed by atoms with van der Waals surface area (Å²) in [6.45, 7) is 17.1. The molecule has 10 nitrogen and oxygen atoms in total. The smallest absolute Gasteiger partial charge is 0.240 e. The maximum Gasteiger partial charge on any atom is 0.240 e. The first-order valence-corrected chi connectivity index (χ1v) is 19.7. The monoisotopic (exact) mass is 736 g/mol. The summed E-state index contributed by atoms with van der Waals surface area (Å²) in [5.74, 6) is 1.48. The van der Waals surface area contributed by atoms with Gasteiger partial charge >= 0.3 is 0 Å². The molecule has 1 unspecified atom stereocenters. The molecule has 4 aliphatic rings. The summed E-state index contributed by atoms with van der Waals surface area (Å²) in [6.07, 6.45) is 1.67. The minimum Gasteiger partial charge on any atom is -0.496 e. The van der Waals surface area contributed by atoms with Crippen molar-refractivity contribution in [2.45, 2.75) is 111 Å². The largest absolute Gasteiger partial charge is 0.496 e. The number of hydroxylamine groups is 2. The second-order valence-electron chi connectivity index (χ2n) is 18.6. The van der Waals surface area contributed by atoms with E-state index in [1.165, 1.54) is 12.0 Å². The number of anilines is 1. The van der Waals surface area contributed by atoms with E-state index < -0.39 is 24.2 Å². The van der Waals surface area contributed by atoms with E-state index in [2.05, 4.69) is 114 Å². The Morgan fingerprint density at radius 2 is 1.85 bits per heavy atom. The van der Waals surface area contributed by atoms with Crippen molar-refractivity contribution in [2.24, 2.45) is 34.5 Å². The van der Waals surface area contributed by atoms with Gasteiger partial charge in [-0.2, -0.15) is 5.06 Å². The van der Waals surface area contributed by atoms with E-state index in [0.29, 0.717) is 35.0 Å². The van der Waals surface area contributed by atoms with Gasteiger partial charge in [0.25, 0.3) is 0 Å². The average Bonchev–Trinajstić information content (AvgIpc) is 3.45. The Labute approximate surface area is 319 Å². The number of rotatable bonds is 15. The van der Waals surface area contributed by atoms with E-state index in [1.807, 2.05) is 12.1 Å². The molecule has 1 aliphatic heterocycles. The Morgan fingerprint density at radius 3 is 2.42 bits per heavy atom. The summed E-state index contributed by atoms with van der Waals surface area (Å²) < 4.78 is 6.16. The first-order valence-electron chi connectivity index (χ1n) is 19.7. The van der Waals surface area contributed by atoms with Gasteiger partial charge in [0.2, 0.25) is 5.91 Å². The lowest BCUT2D eigenvalue weighted by molar-refractivity contribution is -0.183. The van der Waals surface area contributed by atoms with Gasteiger partial charge in [-0.15, -0.1) is 0 Å². The van der Waals surface area contributed by atoms with E-state index in [-0.39, 0.29) is 30.5 Å². The Kier molecular flexibility index (Phi) is 12.9. The van der Waals surface area contributed by atoms with Gasteiger partial charge in [-0.25, -0.2) is 0 Å². The van der Waals surface area contributed by atoms with Crippen LogP contribution in [0.2, 0.25) is 0 Å². The van der Waals surface area contributed by atoms with E-state index in [1.54, 1.807) is 19.1 Å². The van der Waals surface area contributed by atoms with E-state index in [4.69, 9.17) is 9.57 Å². The van der Waals surface area contributed by atoms with Crippen molar-refractivity contribution in [1.29, 1.82) is 0 Å². The molecule has 1 amide bonds. The van der Waals surface area contributed by atoms with Crippen LogP contribution in [0.25, 0.3) is 11.1 Å². The van der Waals surface area contributed by atoms with Crippen molar-refractivity contribution in [3.8, 4) is 16.9 Å². The lowest BCUT2D eigenvalue weighted by atomic mass is 9.45. The van der Waals surface area contributed by atoms with E-state index >= 15 is 0 Å². The number of amides is 1. The molecule has 3 aliphatic carbocycles. The molecule has 9 atom stereocenters. The third-order valence-corrected chi connectivity index (χ3v) is 12.5. The molecule has 296 valence electrons. The molecular weight excluding hydrogens is 667 g/mol. The van der Waals surface area contributed by atoms with Crippen LogP contribution in [0.15, 0.2) is 36.4 Å². The number of para-hydroxylation sites is 1. The van der Waals surface area contributed by atoms with Gasteiger partial charge in [-0.1, -0.05) is 59.7 Å². The maximum atomic E-state index is 14.3. The number of ether oxygens (including phenoxy) is 1. The van der Waals surface area contributed by atoms with Crippen molar-refractivity contribution >= 4 is 11.6 Å². The van der Waals surface area contributed by atoms with Gasteiger partial charge in [0.1, 0.15) is 17.9 Å². The SMILES string of the molecule is COc1c(CN2O[C@@H](CO)[C@H]([C@H](C)O)[C@H]2C(=O)NC2C[C@H]3C[C@@H]([C@@H]2C)C3(C)C)cccc1-c1cc(CN[C@H](CN(C)C)CC(C)(C)C)cc(N(C)C)c1. The highest BCUT2D eigenvalue weighted by Crippen LogP contribution is 2.61. The van der Waals surface area contributed by atoms with Crippen LogP contribution in [0, 0.1) is 34.5 Å². The van der Waals surface area contributed by atoms with Gasteiger partial charge in [-0.3, -0.25) is 9.63 Å². The maximum absolute atomic E-state index is 14.3. The molecule has 1 heterocycles. The molecule has 2 aromatic carbocycles. The number of hydrogen-bond acceptors (Lipinski definition) is 9. The zero-order valence-electron chi connectivity index (χ0n) is 34.6. The number of aliphatic hydroxyl groups is 2. The Morgan fingerprint density at radius 1 is 1.13 bits per heavy atom. The highest BCUT2D eigenvalue weighted by Gasteiger charge is 2.57. The van der Waals surface area contributed by atoms with Crippen molar-refractivity contribution in [2.75, 3.05) is 53.4 Å². The molecule has 4 N–H and O–H groups in total. The molecule has 3 saturated carbocycles. The highest BCUT2D eigenvalue weighted by molar-refractivity contribution is 5.83. The van der Waals surface area contributed by atoms with Gasteiger partial charge in [0.15, 0.2) is 0 Å². The van der Waals surface area contributed by atoms with Crippen molar-refractivity contribution in [1.82, 2.24) is 20.6 Å². The molecule has 0 aromatic heterocycles. The number of hydrogen-bond donors (Lipinski definition) is 4. The van der Waals surface area contributed by atoms with E-state index in [0.717, 1.165) is 48.3 Å². The zero-order valence-corrected chi connectivity index (χ0v) is 34.6. The number of likely N-dealkylation sites (N-methyl/N-ethyl adjacent to an activating group) is 1. The number of nitrogens with one attached hydrogen (secondary N) is 2. The number of carbonyl (C=O) groups is 1. The van der Waals surface area contributed by atoms with Crippen molar-refractivity contribution in [3.05, 3.63) is 47.5 Å². The molecule has 0 radical (unpaired) electrons. The zero-order chi connectivity index (χ0) is 39.0. The number of aliphatic hydroxyl groups excluding tert-OH is 2. The number of benzene rings is 2. The predicted molar refractivity (Wildman–Crippen MR) is 214 cm³/mol. The van der Waals surface area contributed by atoms with Crippen LogP contribution in [-0.4, -0.2) is 105 Å². The lowest BCUT2D eigenvalue weighted by Crippen LogP contribution is -2.62. The average molecular weight is 736 g/mol. The van der Waals surface area contributed by atoms with Crippen LogP contribution in [0.1, 0.15) is 78.9 Å².